The van der Waals surface area contributed by atoms with Gasteiger partial charge in [-0.25, -0.2) is 9.98 Å². The van der Waals surface area contributed by atoms with E-state index in [1.165, 1.54) is 5.56 Å². The molecule has 0 radical (unpaired) electrons. The molecule has 1 unspecified atom stereocenters. The van der Waals surface area contributed by atoms with Crippen molar-refractivity contribution in [2.75, 3.05) is 0 Å². The minimum Gasteiger partial charge on any atom is -0.456 e. The van der Waals surface area contributed by atoms with E-state index in [-0.39, 0.29) is 0 Å². The van der Waals surface area contributed by atoms with E-state index in [0.29, 0.717) is 11.7 Å². The van der Waals surface area contributed by atoms with Crippen LogP contribution in [0.4, 0.5) is 0 Å². The summed E-state index contributed by atoms with van der Waals surface area (Å²) in [5, 5.41) is 10.1. The average Bonchev–Trinajstić information content (AvgIpc) is 4.05. The third-order valence-corrected chi connectivity index (χ3v) is 12.4. The second-order valence-electron chi connectivity index (χ2n) is 16.1. The van der Waals surface area contributed by atoms with Gasteiger partial charge in [0.05, 0.1) is 5.56 Å². The zero-order valence-electron chi connectivity index (χ0n) is 33.7. The highest BCUT2D eigenvalue weighted by Crippen LogP contribution is 2.43. The van der Waals surface area contributed by atoms with Gasteiger partial charge in [-0.2, -0.15) is 0 Å². The van der Waals surface area contributed by atoms with Crippen molar-refractivity contribution in [3.05, 3.63) is 217 Å². The van der Waals surface area contributed by atoms with Gasteiger partial charge in [0.2, 0.25) is 0 Å². The highest BCUT2D eigenvalue weighted by molar-refractivity contribution is 6.20. The van der Waals surface area contributed by atoms with Gasteiger partial charge in [0.1, 0.15) is 45.5 Å². The van der Waals surface area contributed by atoms with E-state index in [0.717, 1.165) is 110 Å². The van der Waals surface area contributed by atoms with Crippen LogP contribution >= 0.6 is 0 Å². The molecule has 9 aromatic carbocycles. The molecule has 1 N–H and O–H groups in total. The number of hydrogen-bond donors (Lipinski definition) is 1. The van der Waals surface area contributed by atoms with Crippen LogP contribution in [0.2, 0.25) is 0 Å². The van der Waals surface area contributed by atoms with Gasteiger partial charge in [-0.3, -0.25) is 0 Å². The molecule has 13 rings (SSSR count). The van der Waals surface area contributed by atoms with E-state index in [1.807, 2.05) is 54.6 Å². The Kier molecular flexibility index (Phi) is 7.87. The fourth-order valence-corrected chi connectivity index (χ4v) is 9.32. The summed E-state index contributed by atoms with van der Waals surface area (Å²) < 4.78 is 19.6. The predicted octanol–water partition coefficient (Wildman–Crippen LogP) is 14.9. The van der Waals surface area contributed by atoms with Crippen LogP contribution in [-0.4, -0.2) is 11.7 Å². The molecular weight excluding hydrogens is 775 g/mol. The predicted molar refractivity (Wildman–Crippen MR) is 256 cm³/mol. The smallest absolute Gasteiger partial charge is 0.159 e. The Balaban J connectivity index is 0.951. The molecule has 6 heteroatoms. The summed E-state index contributed by atoms with van der Waals surface area (Å²) in [4.78, 5) is 10.6. The van der Waals surface area contributed by atoms with Crippen LogP contribution in [0.25, 0.3) is 99.2 Å². The van der Waals surface area contributed by atoms with Crippen molar-refractivity contribution in [3.63, 3.8) is 0 Å². The molecule has 1 aliphatic heterocycles. The summed E-state index contributed by atoms with van der Waals surface area (Å²) >= 11 is 0. The monoisotopic (exact) mass is 809 g/mol. The third-order valence-electron chi connectivity index (χ3n) is 12.4. The quantitative estimate of drug-likeness (QED) is 0.181. The van der Waals surface area contributed by atoms with E-state index >= 15 is 0 Å². The first-order chi connectivity index (χ1) is 31.2. The van der Waals surface area contributed by atoms with E-state index in [2.05, 4.69) is 151 Å². The molecule has 296 valence electrons. The molecule has 0 amide bonds. The number of furan rings is 3. The molecule has 0 saturated heterocycles. The van der Waals surface area contributed by atoms with Gasteiger partial charge in [0.25, 0.3) is 0 Å². The molecule has 3 aromatic heterocycles. The first-order valence-electron chi connectivity index (χ1n) is 21.2. The zero-order chi connectivity index (χ0) is 41.4. The summed E-state index contributed by atoms with van der Waals surface area (Å²) in [5.41, 5.74) is 14.2. The second-order valence-corrected chi connectivity index (χ2v) is 16.1. The Hall–Kier alpha value is -8.48. The van der Waals surface area contributed by atoms with E-state index in [9.17, 15) is 0 Å². The lowest BCUT2D eigenvalue weighted by Crippen LogP contribution is -2.33. The first-order valence-corrected chi connectivity index (χ1v) is 21.2. The van der Waals surface area contributed by atoms with Crippen molar-refractivity contribution in [3.8, 4) is 33.4 Å². The van der Waals surface area contributed by atoms with Crippen molar-refractivity contribution in [1.82, 2.24) is 5.32 Å². The lowest BCUT2D eigenvalue weighted by atomic mass is 9.93. The van der Waals surface area contributed by atoms with Gasteiger partial charge in [-0.05, 0) is 81.9 Å². The Morgan fingerprint density at radius 1 is 0.365 bits per heavy atom. The van der Waals surface area contributed by atoms with E-state index in [4.69, 9.17) is 23.2 Å². The topological polar surface area (TPSA) is 76.2 Å². The van der Waals surface area contributed by atoms with Gasteiger partial charge in [-0.1, -0.05) is 152 Å². The second kappa shape index (κ2) is 14.0. The Morgan fingerprint density at radius 3 is 1.76 bits per heavy atom. The molecule has 0 aliphatic carbocycles. The van der Waals surface area contributed by atoms with Crippen LogP contribution in [0, 0.1) is 0 Å². The molecule has 0 fully saturated rings. The number of para-hydroxylation sites is 4. The molecule has 0 spiro atoms. The number of fused-ring (bicyclic) bond motifs is 9. The normalized spacial score (nSPS) is 14.2. The summed E-state index contributed by atoms with van der Waals surface area (Å²) in [6.45, 7) is 0. The fraction of sp³-hybridized carbons (Fsp3) is 0.0175. The van der Waals surface area contributed by atoms with Gasteiger partial charge in [0, 0.05) is 43.4 Å². The Bertz CT molecular complexity index is 3830. The van der Waals surface area contributed by atoms with Gasteiger partial charge in [0.15, 0.2) is 5.84 Å². The maximum absolute atomic E-state index is 6.74. The summed E-state index contributed by atoms with van der Waals surface area (Å²) in [5.74, 6) is 1.32. The van der Waals surface area contributed by atoms with Crippen molar-refractivity contribution in [1.29, 1.82) is 0 Å². The molecule has 0 bridgehead atoms. The molecule has 6 nitrogen and oxygen atoms in total. The highest BCUT2D eigenvalue weighted by atomic mass is 16.3. The lowest BCUT2D eigenvalue weighted by Gasteiger charge is -2.24. The number of hydrogen-bond acceptors (Lipinski definition) is 6. The minimum absolute atomic E-state index is 0.409. The lowest BCUT2D eigenvalue weighted by molar-refractivity contribution is 0.659. The fourth-order valence-electron chi connectivity index (χ4n) is 9.32. The summed E-state index contributed by atoms with van der Waals surface area (Å²) in [6.07, 6.45) is -0.409. The van der Waals surface area contributed by atoms with Crippen molar-refractivity contribution < 1.29 is 13.3 Å². The molecule has 1 atom stereocenters. The molecular formula is C57H35N3O3. The van der Waals surface area contributed by atoms with Crippen LogP contribution in [-0.2, 0) is 0 Å². The van der Waals surface area contributed by atoms with Gasteiger partial charge >= 0.3 is 0 Å². The summed E-state index contributed by atoms with van der Waals surface area (Å²) in [7, 11) is 0. The number of nitrogens with zero attached hydrogens (tertiary/aromatic N) is 2. The first kappa shape index (κ1) is 35.3. The maximum atomic E-state index is 6.74. The standard InChI is InChI=1S/C57H35N3O3/c1-2-12-34(13-3-1)35-24-26-36(27-25-35)55-58-56(60-57(59-55)47-20-11-19-45-43-17-5-8-22-49(43)62-53(45)47)39-15-10-14-37(32-39)40-30-31-41(54-52(40)46-18-6-9-23-50(46)63-54)38-28-29-44-42-16-4-7-21-48(42)61-51(44)33-38/h1-33,55H,(H,58,59,60). The third kappa shape index (κ3) is 5.80. The van der Waals surface area contributed by atoms with Crippen LogP contribution in [0.1, 0.15) is 22.9 Å². The number of amidine groups is 2. The van der Waals surface area contributed by atoms with E-state index in [1.54, 1.807) is 0 Å². The highest BCUT2D eigenvalue weighted by Gasteiger charge is 2.25. The van der Waals surface area contributed by atoms with Gasteiger partial charge < -0.3 is 18.6 Å². The van der Waals surface area contributed by atoms with Crippen LogP contribution in [0.15, 0.2) is 223 Å². The van der Waals surface area contributed by atoms with Crippen molar-refractivity contribution in [2.45, 2.75) is 6.17 Å². The van der Waals surface area contributed by atoms with Crippen LogP contribution in [0.3, 0.4) is 0 Å². The molecule has 63 heavy (non-hydrogen) atoms. The van der Waals surface area contributed by atoms with Gasteiger partial charge in [-0.15, -0.1) is 0 Å². The molecule has 4 heterocycles. The Labute approximate surface area is 361 Å². The zero-order valence-corrected chi connectivity index (χ0v) is 33.7. The molecule has 12 aromatic rings. The average molecular weight is 810 g/mol. The van der Waals surface area contributed by atoms with Crippen LogP contribution in [0.5, 0.6) is 0 Å². The maximum Gasteiger partial charge on any atom is 0.159 e. The number of aliphatic imine (C=N–C) groups is 2. The van der Waals surface area contributed by atoms with Crippen molar-refractivity contribution >= 4 is 77.5 Å². The number of nitrogens with one attached hydrogen (secondary N) is 1. The molecule has 0 saturated carbocycles. The summed E-state index contributed by atoms with van der Waals surface area (Å²) in [6, 6.07) is 69.2. The van der Waals surface area contributed by atoms with Crippen molar-refractivity contribution in [2.24, 2.45) is 9.98 Å². The number of benzene rings is 9. The minimum atomic E-state index is -0.409. The SMILES string of the molecule is c1ccc(-c2ccc(C3N=C(c4cccc(-c5ccc(-c6ccc7c(c6)oc6ccccc67)c6oc7ccccc7c56)c4)N=C(c4cccc5c4oc4ccccc45)N3)cc2)cc1. The Morgan fingerprint density at radius 2 is 0.937 bits per heavy atom. The number of rotatable bonds is 6. The largest absolute Gasteiger partial charge is 0.456 e. The van der Waals surface area contributed by atoms with Crippen LogP contribution < -0.4 is 5.32 Å². The molecule has 1 aliphatic rings. The van der Waals surface area contributed by atoms with E-state index < -0.39 is 6.17 Å².